The van der Waals surface area contributed by atoms with E-state index in [2.05, 4.69) is 25.6 Å². The summed E-state index contributed by atoms with van der Waals surface area (Å²) in [6, 6.07) is 12.8. The zero-order chi connectivity index (χ0) is 22.4. The summed E-state index contributed by atoms with van der Waals surface area (Å²) in [6.07, 6.45) is 1.52. The molecule has 0 radical (unpaired) electrons. The second-order valence-corrected chi connectivity index (χ2v) is 7.68. The molecule has 1 atom stereocenters. The molecule has 162 valence electrons. The molecule has 0 saturated carbocycles. The summed E-state index contributed by atoms with van der Waals surface area (Å²) in [4.78, 5) is 23.8. The number of anilines is 2. The molecule has 0 aliphatic carbocycles. The van der Waals surface area contributed by atoms with Crippen molar-refractivity contribution in [2.45, 2.75) is 30.9 Å². The van der Waals surface area contributed by atoms with Crippen LogP contribution in [0.15, 0.2) is 60.0 Å². The predicted molar refractivity (Wildman–Crippen MR) is 113 cm³/mol. The lowest BCUT2D eigenvalue weighted by Gasteiger charge is -2.13. The minimum atomic E-state index is -2.91. The molecule has 0 aliphatic rings. The Labute approximate surface area is 181 Å². The van der Waals surface area contributed by atoms with Crippen LogP contribution in [0, 0.1) is 0 Å². The Morgan fingerprint density at radius 3 is 2.52 bits per heavy atom. The summed E-state index contributed by atoms with van der Waals surface area (Å²) in [5.41, 5.74) is 1.80. The Morgan fingerprint density at radius 1 is 1.10 bits per heavy atom. The molecule has 1 aromatic heterocycles. The number of aromatic nitrogens is 3. The van der Waals surface area contributed by atoms with Crippen LogP contribution < -0.4 is 15.4 Å². The maximum absolute atomic E-state index is 12.5. The largest absolute Gasteiger partial charge is 0.435 e. The van der Waals surface area contributed by atoms with Gasteiger partial charge in [0, 0.05) is 18.3 Å². The third-order valence-electron chi connectivity index (χ3n) is 3.96. The normalized spacial score (nSPS) is 11.8. The second-order valence-electron chi connectivity index (χ2n) is 6.37. The molecular formula is C20H19F2N5O3S. The Hall–Kier alpha value is -3.47. The third kappa shape index (κ3) is 6.25. The lowest BCUT2D eigenvalue weighted by molar-refractivity contribution is -0.115. The van der Waals surface area contributed by atoms with E-state index in [0.717, 1.165) is 5.69 Å². The van der Waals surface area contributed by atoms with Gasteiger partial charge in [0.1, 0.15) is 12.1 Å². The predicted octanol–water partition coefficient (Wildman–Crippen LogP) is 3.95. The fourth-order valence-corrected chi connectivity index (χ4v) is 3.44. The molecule has 1 heterocycles. The number of thioether (sulfide) groups is 1. The number of rotatable bonds is 8. The smallest absolute Gasteiger partial charge is 0.387 e. The van der Waals surface area contributed by atoms with E-state index >= 15 is 0 Å². The van der Waals surface area contributed by atoms with Crippen molar-refractivity contribution < 1.29 is 23.1 Å². The summed E-state index contributed by atoms with van der Waals surface area (Å²) < 4.78 is 30.4. The zero-order valence-electron chi connectivity index (χ0n) is 16.6. The fraction of sp³-hybridized carbons (Fsp3) is 0.200. The summed E-state index contributed by atoms with van der Waals surface area (Å²) in [5, 5.41) is 13.4. The molecule has 11 heteroatoms. The molecule has 2 N–H and O–H groups in total. The highest BCUT2D eigenvalue weighted by atomic mass is 32.2. The van der Waals surface area contributed by atoms with Crippen LogP contribution in [0.3, 0.4) is 0 Å². The van der Waals surface area contributed by atoms with E-state index in [-0.39, 0.29) is 17.6 Å². The molecule has 3 rings (SSSR count). The van der Waals surface area contributed by atoms with Gasteiger partial charge in [0.05, 0.1) is 10.9 Å². The van der Waals surface area contributed by atoms with E-state index in [0.29, 0.717) is 16.5 Å². The van der Waals surface area contributed by atoms with Gasteiger partial charge in [0.15, 0.2) is 5.16 Å². The van der Waals surface area contributed by atoms with Gasteiger partial charge >= 0.3 is 6.61 Å². The Bertz CT molecular complexity index is 1060. The van der Waals surface area contributed by atoms with Crippen molar-refractivity contribution in [3.63, 3.8) is 0 Å². The Balaban J connectivity index is 1.66. The van der Waals surface area contributed by atoms with Crippen molar-refractivity contribution in [1.29, 1.82) is 0 Å². The van der Waals surface area contributed by atoms with Gasteiger partial charge in [-0.15, -0.1) is 10.2 Å². The zero-order valence-corrected chi connectivity index (χ0v) is 17.4. The number of nitrogens with zero attached hydrogens (tertiary/aromatic N) is 3. The number of hydrogen-bond donors (Lipinski definition) is 2. The first kappa shape index (κ1) is 22.2. The van der Waals surface area contributed by atoms with E-state index in [4.69, 9.17) is 0 Å². The van der Waals surface area contributed by atoms with Gasteiger partial charge in [-0.2, -0.15) is 8.78 Å². The fourth-order valence-electron chi connectivity index (χ4n) is 2.59. The van der Waals surface area contributed by atoms with Crippen molar-refractivity contribution in [2.75, 3.05) is 10.6 Å². The van der Waals surface area contributed by atoms with Gasteiger partial charge in [-0.05, 0) is 49.4 Å². The van der Waals surface area contributed by atoms with Crippen LogP contribution in [-0.4, -0.2) is 38.4 Å². The number of ether oxygens (including phenoxy) is 1. The van der Waals surface area contributed by atoms with Gasteiger partial charge in [-0.1, -0.05) is 17.8 Å². The molecule has 0 aliphatic heterocycles. The van der Waals surface area contributed by atoms with Gasteiger partial charge in [-0.25, -0.2) is 0 Å². The number of nitrogens with one attached hydrogen (secondary N) is 2. The van der Waals surface area contributed by atoms with Crippen molar-refractivity contribution in [3.8, 4) is 11.4 Å². The van der Waals surface area contributed by atoms with Crippen LogP contribution in [0.4, 0.5) is 20.2 Å². The third-order valence-corrected chi connectivity index (χ3v) is 5.02. The lowest BCUT2D eigenvalue weighted by atomic mass is 10.2. The first-order valence-electron chi connectivity index (χ1n) is 9.12. The molecule has 0 saturated heterocycles. The van der Waals surface area contributed by atoms with Gasteiger partial charge in [0.25, 0.3) is 0 Å². The van der Waals surface area contributed by atoms with Crippen molar-refractivity contribution in [2.24, 2.45) is 0 Å². The SMILES string of the molecule is CC(=O)Nc1cccc(-n2cnnc2SC(C)C(=O)Nc2ccc(OC(F)F)cc2)c1. The van der Waals surface area contributed by atoms with E-state index in [1.807, 2.05) is 6.07 Å². The highest BCUT2D eigenvalue weighted by Gasteiger charge is 2.19. The molecule has 3 aromatic rings. The summed E-state index contributed by atoms with van der Waals surface area (Å²) >= 11 is 1.20. The van der Waals surface area contributed by atoms with E-state index in [1.165, 1.54) is 49.3 Å². The standard InChI is InChI=1S/C20H19F2N5O3S/c1-12(18(29)25-14-6-8-17(9-7-14)30-19(21)22)31-20-26-23-11-27(20)16-5-3-4-15(10-16)24-13(2)28/h3-12,19H,1-2H3,(H,24,28)(H,25,29). The average molecular weight is 447 g/mol. The Kier molecular flexibility index (Phi) is 7.19. The number of hydrogen-bond acceptors (Lipinski definition) is 6. The minimum absolute atomic E-state index is 0.00465. The summed E-state index contributed by atoms with van der Waals surface area (Å²) in [5.74, 6) is -0.478. The van der Waals surface area contributed by atoms with E-state index in [1.54, 1.807) is 29.7 Å². The van der Waals surface area contributed by atoms with Crippen LogP contribution >= 0.6 is 11.8 Å². The van der Waals surface area contributed by atoms with Gasteiger partial charge < -0.3 is 15.4 Å². The molecule has 1 unspecified atom stereocenters. The molecule has 8 nitrogen and oxygen atoms in total. The molecule has 2 amide bonds. The number of halogens is 2. The number of alkyl halides is 2. The van der Waals surface area contributed by atoms with Gasteiger partial charge in [0.2, 0.25) is 11.8 Å². The first-order valence-corrected chi connectivity index (χ1v) is 10.00. The topological polar surface area (TPSA) is 98.1 Å². The van der Waals surface area contributed by atoms with E-state index in [9.17, 15) is 18.4 Å². The molecule has 0 bridgehead atoms. The van der Waals surface area contributed by atoms with Crippen LogP contribution in [0.1, 0.15) is 13.8 Å². The second kappa shape index (κ2) is 10.0. The van der Waals surface area contributed by atoms with Crippen LogP contribution in [-0.2, 0) is 9.59 Å². The average Bonchev–Trinajstić information content (AvgIpc) is 3.17. The number of carbonyl (C=O) groups is 2. The summed E-state index contributed by atoms with van der Waals surface area (Å²) in [6.45, 7) is 0.223. The van der Waals surface area contributed by atoms with Crippen molar-refractivity contribution >= 4 is 35.0 Å². The molecule has 0 fully saturated rings. The van der Waals surface area contributed by atoms with Crippen molar-refractivity contribution in [1.82, 2.24) is 14.8 Å². The molecule has 31 heavy (non-hydrogen) atoms. The molecule has 0 spiro atoms. The molecule has 2 aromatic carbocycles. The maximum atomic E-state index is 12.5. The summed E-state index contributed by atoms with van der Waals surface area (Å²) in [7, 11) is 0. The number of benzene rings is 2. The van der Waals surface area contributed by atoms with E-state index < -0.39 is 11.9 Å². The van der Waals surface area contributed by atoms with Crippen LogP contribution in [0.5, 0.6) is 5.75 Å². The minimum Gasteiger partial charge on any atom is -0.435 e. The monoisotopic (exact) mass is 447 g/mol. The maximum Gasteiger partial charge on any atom is 0.387 e. The number of amides is 2. The van der Waals surface area contributed by atoms with Crippen molar-refractivity contribution in [3.05, 3.63) is 54.9 Å². The first-order chi connectivity index (χ1) is 14.8. The molecular weight excluding hydrogens is 428 g/mol. The van der Waals surface area contributed by atoms with Gasteiger partial charge in [-0.3, -0.25) is 14.2 Å². The highest BCUT2D eigenvalue weighted by Crippen LogP contribution is 2.26. The Morgan fingerprint density at radius 2 is 1.84 bits per heavy atom. The van der Waals surface area contributed by atoms with Crippen LogP contribution in [0.2, 0.25) is 0 Å². The highest BCUT2D eigenvalue weighted by molar-refractivity contribution is 8.00. The quantitative estimate of drug-likeness (QED) is 0.508. The number of carbonyl (C=O) groups excluding carboxylic acids is 2. The lowest BCUT2D eigenvalue weighted by Crippen LogP contribution is -2.22. The van der Waals surface area contributed by atoms with Crippen LogP contribution in [0.25, 0.3) is 5.69 Å².